The first-order valence-electron chi connectivity index (χ1n) is 7.31. The molecule has 0 aromatic heterocycles. The molecule has 0 fully saturated rings. The van der Waals surface area contributed by atoms with Crippen LogP contribution in [0, 0.1) is 10.6 Å². The van der Waals surface area contributed by atoms with Crippen molar-refractivity contribution in [3.05, 3.63) is 73.3 Å². The van der Waals surface area contributed by atoms with Crippen LogP contribution in [0.15, 0.2) is 41.2 Å². The zero-order chi connectivity index (χ0) is 17.3. The average Bonchev–Trinajstić information content (AvgIpc) is 2.59. The van der Waals surface area contributed by atoms with Gasteiger partial charge in [0.2, 0.25) is 5.43 Å². The molecule has 0 atom stereocenters. The third-order valence-electron chi connectivity index (χ3n) is 3.82. The van der Waals surface area contributed by atoms with Gasteiger partial charge in [0.05, 0.1) is 19.6 Å². The standard InChI is InChI=1S/C19H17NO4/c1-11-8-16(21)15-6-4-13(20-18(15)19(11)22)9-12-10-14(23-2)5-7-17(12)24-3/h4-10,20-21H,1H2,2-3H3. The summed E-state index contributed by atoms with van der Waals surface area (Å²) in [6.07, 6.45) is 1.84. The maximum Gasteiger partial charge on any atom is 0.209 e. The van der Waals surface area contributed by atoms with E-state index in [-0.39, 0.29) is 16.4 Å². The summed E-state index contributed by atoms with van der Waals surface area (Å²) < 4.78 is 10.6. The molecular formula is C19H17NO4. The lowest BCUT2D eigenvalue weighted by Gasteiger charge is -2.07. The van der Waals surface area contributed by atoms with Gasteiger partial charge >= 0.3 is 0 Å². The van der Waals surface area contributed by atoms with Crippen molar-refractivity contribution in [3.8, 4) is 17.2 Å². The van der Waals surface area contributed by atoms with E-state index in [4.69, 9.17) is 9.47 Å². The van der Waals surface area contributed by atoms with Crippen LogP contribution in [-0.2, 0) is 0 Å². The number of aromatic amines is 1. The number of nitrogens with one attached hydrogen (secondary N) is 1. The Bertz CT molecular complexity index is 1130. The van der Waals surface area contributed by atoms with Crippen LogP contribution in [0.2, 0.25) is 0 Å². The van der Waals surface area contributed by atoms with Crippen LogP contribution in [0.5, 0.6) is 17.2 Å². The molecule has 0 bridgehead atoms. The highest BCUT2D eigenvalue weighted by Gasteiger charge is 2.04. The lowest BCUT2D eigenvalue weighted by molar-refractivity contribution is 0.402. The van der Waals surface area contributed by atoms with Gasteiger partial charge in [-0.2, -0.15) is 0 Å². The molecule has 2 aliphatic rings. The smallest absolute Gasteiger partial charge is 0.209 e. The van der Waals surface area contributed by atoms with Gasteiger partial charge in [0.15, 0.2) is 0 Å². The maximum absolute atomic E-state index is 12.2. The highest BCUT2D eigenvalue weighted by Crippen LogP contribution is 2.24. The second-order valence-electron chi connectivity index (χ2n) is 5.34. The number of aromatic nitrogens is 1. The molecule has 1 aliphatic carbocycles. The maximum atomic E-state index is 12.2. The van der Waals surface area contributed by atoms with Crippen molar-refractivity contribution in [3.63, 3.8) is 0 Å². The fraction of sp³-hybridized carbons (Fsp3) is 0.105. The first kappa shape index (κ1) is 15.7. The molecule has 5 heteroatoms. The molecule has 0 unspecified atom stereocenters. The minimum atomic E-state index is -0.240. The molecule has 24 heavy (non-hydrogen) atoms. The molecule has 1 aliphatic heterocycles. The van der Waals surface area contributed by atoms with Gasteiger partial charge in [-0.25, -0.2) is 0 Å². The Labute approximate surface area is 137 Å². The van der Waals surface area contributed by atoms with E-state index in [1.54, 1.807) is 26.4 Å². The lowest BCUT2D eigenvalue weighted by atomic mass is 10.1. The molecule has 2 N–H and O–H groups in total. The van der Waals surface area contributed by atoms with Gasteiger partial charge in [0.1, 0.15) is 17.2 Å². The summed E-state index contributed by atoms with van der Waals surface area (Å²) in [4.78, 5) is 15.3. The zero-order valence-electron chi connectivity index (χ0n) is 13.4. The van der Waals surface area contributed by atoms with Crippen molar-refractivity contribution in [2.75, 3.05) is 14.2 Å². The monoisotopic (exact) mass is 323 g/mol. The summed E-state index contributed by atoms with van der Waals surface area (Å²) >= 11 is 0. The average molecular weight is 323 g/mol. The van der Waals surface area contributed by atoms with Gasteiger partial charge in [0.25, 0.3) is 0 Å². The highest BCUT2D eigenvalue weighted by atomic mass is 16.5. The Morgan fingerprint density at radius 3 is 2.62 bits per heavy atom. The molecule has 5 nitrogen and oxygen atoms in total. The summed E-state index contributed by atoms with van der Waals surface area (Å²) in [6.45, 7) is 3.66. The van der Waals surface area contributed by atoms with Crippen LogP contribution < -0.4 is 25.5 Å². The number of hydrogen-bond donors (Lipinski definition) is 2. The van der Waals surface area contributed by atoms with Crippen LogP contribution in [-0.4, -0.2) is 24.3 Å². The topological polar surface area (TPSA) is 71.5 Å². The quantitative estimate of drug-likeness (QED) is 0.756. The van der Waals surface area contributed by atoms with Crippen molar-refractivity contribution in [2.24, 2.45) is 0 Å². The van der Waals surface area contributed by atoms with Crippen LogP contribution >= 0.6 is 0 Å². The minimum Gasteiger partial charge on any atom is -0.507 e. The fourth-order valence-corrected chi connectivity index (χ4v) is 2.58. The van der Waals surface area contributed by atoms with Gasteiger partial charge in [0, 0.05) is 21.3 Å². The van der Waals surface area contributed by atoms with Crippen molar-refractivity contribution >= 4 is 12.7 Å². The SMILES string of the molecule is C=c1cc(O)c2ccc(=Cc3cc(OC)ccc3OC)[nH]c=2c1=O. The molecule has 1 aromatic carbocycles. The summed E-state index contributed by atoms with van der Waals surface area (Å²) in [5.74, 6) is 1.40. The van der Waals surface area contributed by atoms with E-state index in [1.165, 1.54) is 6.07 Å². The molecule has 0 amide bonds. The molecule has 122 valence electrons. The van der Waals surface area contributed by atoms with E-state index in [0.29, 0.717) is 27.4 Å². The molecule has 1 aromatic rings. The van der Waals surface area contributed by atoms with Crippen LogP contribution in [0.1, 0.15) is 5.56 Å². The molecule has 1 heterocycles. The second-order valence-corrected chi connectivity index (χ2v) is 5.34. The van der Waals surface area contributed by atoms with Gasteiger partial charge in [-0.1, -0.05) is 6.58 Å². The number of H-pyrrole nitrogens is 1. The first-order valence-corrected chi connectivity index (χ1v) is 7.31. The fourth-order valence-electron chi connectivity index (χ4n) is 2.58. The van der Waals surface area contributed by atoms with E-state index in [9.17, 15) is 9.90 Å². The largest absolute Gasteiger partial charge is 0.507 e. The molecule has 0 radical (unpaired) electrons. The van der Waals surface area contributed by atoms with Gasteiger partial charge < -0.3 is 19.6 Å². The predicted octanol–water partition coefficient (Wildman–Crippen LogP) is 1.06. The van der Waals surface area contributed by atoms with E-state index in [2.05, 4.69) is 11.6 Å². The van der Waals surface area contributed by atoms with Crippen molar-refractivity contribution in [2.45, 2.75) is 0 Å². The Hall–Kier alpha value is -3.21. The highest BCUT2D eigenvalue weighted by molar-refractivity contribution is 5.59. The van der Waals surface area contributed by atoms with Crippen molar-refractivity contribution in [1.29, 1.82) is 0 Å². The van der Waals surface area contributed by atoms with Crippen molar-refractivity contribution < 1.29 is 14.6 Å². The second kappa shape index (κ2) is 6.12. The van der Waals surface area contributed by atoms with Gasteiger partial charge in [-0.15, -0.1) is 0 Å². The Morgan fingerprint density at radius 2 is 1.92 bits per heavy atom. The van der Waals surface area contributed by atoms with E-state index >= 15 is 0 Å². The third kappa shape index (κ3) is 2.72. The number of methoxy groups -OCH3 is 2. The third-order valence-corrected chi connectivity index (χ3v) is 3.82. The van der Waals surface area contributed by atoms with Crippen LogP contribution in [0.4, 0.5) is 0 Å². The normalized spacial score (nSPS) is 11.7. The van der Waals surface area contributed by atoms with Gasteiger partial charge in [-0.05, 0) is 42.5 Å². The van der Waals surface area contributed by atoms with E-state index < -0.39 is 0 Å². The number of rotatable bonds is 3. The molecule has 3 rings (SSSR count). The molecule has 0 spiro atoms. The molecule has 0 saturated carbocycles. The minimum absolute atomic E-state index is 0.0244. The Morgan fingerprint density at radius 1 is 1.12 bits per heavy atom. The van der Waals surface area contributed by atoms with Gasteiger partial charge in [-0.3, -0.25) is 4.79 Å². The molecule has 0 saturated heterocycles. The van der Waals surface area contributed by atoms with Crippen LogP contribution in [0.3, 0.4) is 0 Å². The lowest BCUT2D eigenvalue weighted by Crippen LogP contribution is -2.26. The zero-order valence-corrected chi connectivity index (χ0v) is 13.4. The number of benzene rings is 1. The number of ether oxygens (including phenoxy) is 2. The summed E-state index contributed by atoms with van der Waals surface area (Å²) in [7, 11) is 3.18. The van der Waals surface area contributed by atoms with Crippen molar-refractivity contribution in [1.82, 2.24) is 4.98 Å². The van der Waals surface area contributed by atoms with E-state index in [0.717, 1.165) is 5.56 Å². The summed E-state index contributed by atoms with van der Waals surface area (Å²) in [6, 6.07) is 10.3. The first-order chi connectivity index (χ1) is 11.5. The summed E-state index contributed by atoms with van der Waals surface area (Å²) in [5, 5.41) is 11.7. The summed E-state index contributed by atoms with van der Waals surface area (Å²) in [5.41, 5.74) is 0.561. The Balaban J connectivity index is 2.30. The predicted molar refractivity (Wildman–Crippen MR) is 91.9 cm³/mol. The van der Waals surface area contributed by atoms with E-state index in [1.807, 2.05) is 24.3 Å². The number of aromatic hydroxyl groups is 1. The number of hydrogen-bond acceptors (Lipinski definition) is 4. The molecular weight excluding hydrogens is 306 g/mol. The Kier molecular flexibility index (Phi) is 4.00. The van der Waals surface area contributed by atoms with Crippen LogP contribution in [0.25, 0.3) is 12.7 Å².